The predicted molar refractivity (Wildman–Crippen MR) is 81.2 cm³/mol. The summed E-state index contributed by atoms with van der Waals surface area (Å²) >= 11 is 0. The Hall–Kier alpha value is -3.01. The fraction of sp³-hybridized carbons (Fsp3) is 0. The summed E-state index contributed by atoms with van der Waals surface area (Å²) in [5.41, 5.74) is 2.18. The first kappa shape index (κ1) is 13.0. The molecule has 1 aromatic heterocycles. The minimum Gasteiger partial charge on any atom is -0.289 e. The van der Waals surface area contributed by atoms with E-state index in [1.165, 1.54) is 10.9 Å². The number of hydrogen-bond donors (Lipinski definition) is 0. The zero-order valence-corrected chi connectivity index (χ0v) is 11.3. The SMILES string of the molecule is O=C(/C=C/c1cnn(-c2ccccc2)n1)c1ccccc1. The summed E-state index contributed by atoms with van der Waals surface area (Å²) in [5.74, 6) is -0.0511. The van der Waals surface area contributed by atoms with E-state index < -0.39 is 0 Å². The monoisotopic (exact) mass is 275 g/mol. The van der Waals surface area contributed by atoms with Crippen molar-refractivity contribution in [1.29, 1.82) is 0 Å². The van der Waals surface area contributed by atoms with E-state index in [9.17, 15) is 4.79 Å². The summed E-state index contributed by atoms with van der Waals surface area (Å²) < 4.78 is 0. The fourth-order valence-corrected chi connectivity index (χ4v) is 1.90. The lowest BCUT2D eigenvalue weighted by atomic mass is 10.1. The van der Waals surface area contributed by atoms with Crippen LogP contribution in [0.25, 0.3) is 11.8 Å². The first-order valence-corrected chi connectivity index (χ1v) is 6.58. The number of para-hydroxylation sites is 1. The third-order valence-electron chi connectivity index (χ3n) is 2.96. The highest BCUT2D eigenvalue weighted by atomic mass is 16.1. The number of rotatable bonds is 4. The van der Waals surface area contributed by atoms with Gasteiger partial charge in [-0.05, 0) is 24.3 Å². The number of carbonyl (C=O) groups excluding carboxylic acids is 1. The molecule has 0 aliphatic carbocycles. The minimum absolute atomic E-state index is 0.0511. The summed E-state index contributed by atoms with van der Waals surface area (Å²) in [5, 5.41) is 8.49. The molecule has 3 rings (SSSR count). The van der Waals surface area contributed by atoms with Gasteiger partial charge in [0.05, 0.1) is 11.9 Å². The molecule has 102 valence electrons. The third kappa shape index (κ3) is 3.12. The Morgan fingerprint density at radius 3 is 2.33 bits per heavy atom. The van der Waals surface area contributed by atoms with Crippen LogP contribution in [0.5, 0.6) is 0 Å². The third-order valence-corrected chi connectivity index (χ3v) is 2.96. The van der Waals surface area contributed by atoms with Gasteiger partial charge in [-0.15, -0.1) is 5.10 Å². The highest BCUT2D eigenvalue weighted by molar-refractivity contribution is 6.06. The molecule has 0 amide bonds. The lowest BCUT2D eigenvalue weighted by molar-refractivity contribution is 0.104. The molecule has 0 bridgehead atoms. The van der Waals surface area contributed by atoms with Gasteiger partial charge in [0.15, 0.2) is 5.78 Å². The zero-order valence-electron chi connectivity index (χ0n) is 11.3. The lowest BCUT2D eigenvalue weighted by Crippen LogP contribution is -1.98. The molecule has 0 fully saturated rings. The number of benzene rings is 2. The van der Waals surface area contributed by atoms with Gasteiger partial charge in [-0.2, -0.15) is 9.90 Å². The van der Waals surface area contributed by atoms with E-state index in [4.69, 9.17) is 0 Å². The highest BCUT2D eigenvalue weighted by Gasteiger charge is 2.02. The minimum atomic E-state index is -0.0511. The average Bonchev–Trinajstić information content (AvgIpc) is 3.03. The molecule has 0 saturated carbocycles. The van der Waals surface area contributed by atoms with Crippen molar-refractivity contribution in [3.8, 4) is 5.69 Å². The molecule has 1 heterocycles. The number of carbonyl (C=O) groups is 1. The summed E-state index contributed by atoms with van der Waals surface area (Å²) in [4.78, 5) is 13.5. The van der Waals surface area contributed by atoms with Crippen molar-refractivity contribution in [2.75, 3.05) is 0 Å². The van der Waals surface area contributed by atoms with Crippen LogP contribution in [0.2, 0.25) is 0 Å². The van der Waals surface area contributed by atoms with Crippen molar-refractivity contribution in [2.45, 2.75) is 0 Å². The molecule has 3 aromatic rings. The zero-order chi connectivity index (χ0) is 14.5. The van der Waals surface area contributed by atoms with Crippen molar-refractivity contribution in [3.63, 3.8) is 0 Å². The van der Waals surface area contributed by atoms with Gasteiger partial charge in [0.2, 0.25) is 0 Å². The van der Waals surface area contributed by atoms with Crippen LogP contribution in [0.4, 0.5) is 0 Å². The van der Waals surface area contributed by atoms with Gasteiger partial charge in [-0.3, -0.25) is 4.79 Å². The maximum Gasteiger partial charge on any atom is 0.185 e. The smallest absolute Gasteiger partial charge is 0.185 e. The molecule has 21 heavy (non-hydrogen) atoms. The first-order valence-electron chi connectivity index (χ1n) is 6.58. The Morgan fingerprint density at radius 2 is 1.62 bits per heavy atom. The second-order valence-electron chi connectivity index (χ2n) is 4.46. The van der Waals surface area contributed by atoms with Crippen LogP contribution in [0.15, 0.2) is 72.9 Å². The predicted octanol–water partition coefficient (Wildman–Crippen LogP) is 3.16. The van der Waals surface area contributed by atoms with E-state index in [0.717, 1.165) is 5.69 Å². The van der Waals surface area contributed by atoms with Crippen molar-refractivity contribution >= 4 is 11.9 Å². The van der Waals surface area contributed by atoms with Crippen LogP contribution in [0, 0.1) is 0 Å². The van der Waals surface area contributed by atoms with Crippen LogP contribution < -0.4 is 0 Å². The molecule has 0 aliphatic heterocycles. The van der Waals surface area contributed by atoms with Crippen molar-refractivity contribution < 1.29 is 4.79 Å². The quantitative estimate of drug-likeness (QED) is 0.543. The highest BCUT2D eigenvalue weighted by Crippen LogP contribution is 2.06. The second-order valence-corrected chi connectivity index (χ2v) is 4.46. The molecule has 0 atom stereocenters. The van der Waals surface area contributed by atoms with Crippen molar-refractivity contribution in [1.82, 2.24) is 15.0 Å². The van der Waals surface area contributed by atoms with Crippen LogP contribution in [0.3, 0.4) is 0 Å². The molecule has 0 unspecified atom stereocenters. The van der Waals surface area contributed by atoms with E-state index in [1.807, 2.05) is 48.5 Å². The topological polar surface area (TPSA) is 47.8 Å². The first-order chi connectivity index (χ1) is 10.3. The number of ketones is 1. The van der Waals surface area contributed by atoms with Gasteiger partial charge >= 0.3 is 0 Å². The Morgan fingerprint density at radius 1 is 0.952 bits per heavy atom. The lowest BCUT2D eigenvalue weighted by Gasteiger charge is -1.96. The fourth-order valence-electron chi connectivity index (χ4n) is 1.90. The van der Waals surface area contributed by atoms with Gasteiger partial charge in [-0.25, -0.2) is 0 Å². The van der Waals surface area contributed by atoms with Crippen LogP contribution in [-0.4, -0.2) is 20.8 Å². The van der Waals surface area contributed by atoms with E-state index in [0.29, 0.717) is 11.3 Å². The molecule has 4 nitrogen and oxygen atoms in total. The van der Waals surface area contributed by atoms with Crippen LogP contribution in [0.1, 0.15) is 16.1 Å². The van der Waals surface area contributed by atoms with Crippen LogP contribution in [-0.2, 0) is 0 Å². The Kier molecular flexibility index (Phi) is 3.69. The van der Waals surface area contributed by atoms with Gasteiger partial charge in [0.1, 0.15) is 5.69 Å². The largest absolute Gasteiger partial charge is 0.289 e. The van der Waals surface area contributed by atoms with Gasteiger partial charge in [0.25, 0.3) is 0 Å². The van der Waals surface area contributed by atoms with Crippen molar-refractivity contribution in [3.05, 3.63) is 84.2 Å². The normalized spacial score (nSPS) is 10.9. The molecular weight excluding hydrogens is 262 g/mol. The van der Waals surface area contributed by atoms with E-state index in [2.05, 4.69) is 10.2 Å². The number of aromatic nitrogens is 3. The van der Waals surface area contributed by atoms with E-state index in [-0.39, 0.29) is 5.78 Å². The summed E-state index contributed by atoms with van der Waals surface area (Å²) in [6, 6.07) is 18.8. The Balaban J connectivity index is 1.76. The van der Waals surface area contributed by atoms with Gasteiger partial charge < -0.3 is 0 Å². The summed E-state index contributed by atoms with van der Waals surface area (Å²) in [6.07, 6.45) is 4.80. The molecule has 0 radical (unpaired) electrons. The summed E-state index contributed by atoms with van der Waals surface area (Å²) in [7, 11) is 0. The number of allylic oxidation sites excluding steroid dienone is 1. The maximum absolute atomic E-state index is 12.0. The molecule has 0 spiro atoms. The number of hydrogen-bond acceptors (Lipinski definition) is 3. The number of nitrogens with zero attached hydrogens (tertiary/aromatic N) is 3. The van der Waals surface area contributed by atoms with Gasteiger partial charge in [0, 0.05) is 5.56 Å². The Labute approximate surface area is 122 Å². The second kappa shape index (κ2) is 5.96. The standard InChI is InChI=1S/C17H13N3O/c21-17(14-7-3-1-4-8-14)12-11-15-13-18-20(19-15)16-9-5-2-6-10-16/h1-13H/b12-11+. The molecular formula is C17H13N3O. The molecule has 0 aliphatic rings. The Bertz CT molecular complexity index is 761. The molecule has 0 saturated heterocycles. The van der Waals surface area contributed by atoms with Crippen LogP contribution >= 0.6 is 0 Å². The van der Waals surface area contributed by atoms with E-state index >= 15 is 0 Å². The summed E-state index contributed by atoms with van der Waals surface area (Å²) in [6.45, 7) is 0. The molecule has 2 aromatic carbocycles. The maximum atomic E-state index is 12.0. The van der Waals surface area contributed by atoms with E-state index in [1.54, 1.807) is 24.4 Å². The molecule has 4 heteroatoms. The average molecular weight is 275 g/mol. The van der Waals surface area contributed by atoms with Crippen molar-refractivity contribution in [2.24, 2.45) is 0 Å². The molecule has 0 N–H and O–H groups in total. The van der Waals surface area contributed by atoms with Gasteiger partial charge in [-0.1, -0.05) is 48.5 Å².